The van der Waals surface area contributed by atoms with Gasteiger partial charge in [0, 0.05) is 5.56 Å². The molecule has 0 spiro atoms. The molecule has 0 saturated heterocycles. The van der Waals surface area contributed by atoms with Crippen molar-refractivity contribution in [3.63, 3.8) is 0 Å². The molecule has 4 N–H and O–H groups in total. The SMILES string of the molecule is NC(Cc1cccc(C(=O)CO)c1)C(=O)O. The minimum atomic E-state index is -1.08. The minimum absolute atomic E-state index is 0.155. The van der Waals surface area contributed by atoms with Gasteiger partial charge in [-0.05, 0) is 18.1 Å². The summed E-state index contributed by atoms with van der Waals surface area (Å²) in [5.41, 5.74) is 6.39. The number of nitrogens with two attached hydrogens (primary N) is 1. The van der Waals surface area contributed by atoms with Gasteiger partial charge in [0.2, 0.25) is 0 Å². The summed E-state index contributed by atoms with van der Waals surface area (Å²) >= 11 is 0. The molecule has 0 fully saturated rings. The van der Waals surface area contributed by atoms with Crippen molar-refractivity contribution in [2.24, 2.45) is 5.73 Å². The van der Waals surface area contributed by atoms with E-state index >= 15 is 0 Å². The number of hydrogen-bond acceptors (Lipinski definition) is 4. The first kappa shape index (κ1) is 12.4. The van der Waals surface area contributed by atoms with E-state index in [1.807, 2.05) is 0 Å². The van der Waals surface area contributed by atoms with Crippen LogP contribution in [0, 0.1) is 0 Å². The molecule has 0 radical (unpaired) electrons. The lowest BCUT2D eigenvalue weighted by Gasteiger charge is -2.07. The number of rotatable bonds is 5. The Kier molecular flexibility index (Phi) is 4.16. The Morgan fingerprint density at radius 2 is 2.06 bits per heavy atom. The summed E-state index contributed by atoms with van der Waals surface area (Å²) in [7, 11) is 0. The molecule has 1 unspecified atom stereocenters. The zero-order valence-corrected chi connectivity index (χ0v) is 8.59. The molecule has 1 aromatic carbocycles. The molecular weight excluding hydrogens is 210 g/mol. The molecular formula is C11H13NO4. The van der Waals surface area contributed by atoms with E-state index in [2.05, 4.69) is 0 Å². The third kappa shape index (κ3) is 3.15. The third-order valence-electron chi connectivity index (χ3n) is 2.17. The van der Waals surface area contributed by atoms with Gasteiger partial charge >= 0.3 is 5.97 Å². The first-order valence-corrected chi connectivity index (χ1v) is 4.76. The van der Waals surface area contributed by atoms with E-state index in [0.29, 0.717) is 11.1 Å². The van der Waals surface area contributed by atoms with E-state index in [1.165, 1.54) is 0 Å². The molecule has 86 valence electrons. The van der Waals surface area contributed by atoms with E-state index < -0.39 is 24.4 Å². The second kappa shape index (κ2) is 5.39. The number of aliphatic hydroxyl groups is 1. The highest BCUT2D eigenvalue weighted by Gasteiger charge is 2.13. The van der Waals surface area contributed by atoms with Gasteiger partial charge < -0.3 is 15.9 Å². The molecule has 0 heterocycles. The molecule has 0 aromatic heterocycles. The molecule has 0 aliphatic heterocycles. The van der Waals surface area contributed by atoms with Crippen molar-refractivity contribution in [1.82, 2.24) is 0 Å². The second-order valence-electron chi connectivity index (χ2n) is 3.43. The van der Waals surface area contributed by atoms with Crippen LogP contribution >= 0.6 is 0 Å². The lowest BCUT2D eigenvalue weighted by molar-refractivity contribution is -0.138. The summed E-state index contributed by atoms with van der Waals surface area (Å²) in [6, 6.07) is 5.44. The van der Waals surface area contributed by atoms with E-state index in [-0.39, 0.29) is 6.42 Å². The van der Waals surface area contributed by atoms with E-state index in [1.54, 1.807) is 24.3 Å². The number of carbonyl (C=O) groups is 2. The number of carboxylic acid groups (broad SMARTS) is 1. The number of aliphatic carboxylic acids is 1. The Morgan fingerprint density at radius 1 is 1.38 bits per heavy atom. The predicted octanol–water partition coefficient (Wildman–Crippen LogP) is -0.184. The Labute approximate surface area is 92.5 Å². The molecule has 0 amide bonds. The molecule has 0 bridgehead atoms. The van der Waals surface area contributed by atoms with Crippen LogP contribution in [0.5, 0.6) is 0 Å². The van der Waals surface area contributed by atoms with Crippen LogP contribution in [0.15, 0.2) is 24.3 Å². The van der Waals surface area contributed by atoms with Gasteiger partial charge in [-0.25, -0.2) is 0 Å². The van der Waals surface area contributed by atoms with Gasteiger partial charge in [0.05, 0.1) is 0 Å². The number of carboxylic acids is 1. The fourth-order valence-corrected chi connectivity index (χ4v) is 1.30. The van der Waals surface area contributed by atoms with Gasteiger partial charge in [-0.15, -0.1) is 0 Å². The molecule has 0 aliphatic rings. The summed E-state index contributed by atoms with van der Waals surface area (Å²) in [4.78, 5) is 21.7. The number of aliphatic hydroxyl groups excluding tert-OH is 1. The van der Waals surface area contributed by atoms with Crippen LogP contribution in [0.25, 0.3) is 0 Å². The average Bonchev–Trinajstić information content (AvgIpc) is 2.28. The van der Waals surface area contributed by atoms with Crippen molar-refractivity contribution in [3.8, 4) is 0 Å². The van der Waals surface area contributed by atoms with E-state index in [4.69, 9.17) is 15.9 Å². The largest absolute Gasteiger partial charge is 0.480 e. The molecule has 0 aliphatic carbocycles. The quantitative estimate of drug-likeness (QED) is 0.601. The van der Waals surface area contributed by atoms with Gasteiger partial charge in [-0.2, -0.15) is 0 Å². The zero-order chi connectivity index (χ0) is 12.1. The van der Waals surface area contributed by atoms with Gasteiger partial charge in [0.15, 0.2) is 5.78 Å². The Hall–Kier alpha value is -1.72. The minimum Gasteiger partial charge on any atom is -0.480 e. The molecule has 1 rings (SSSR count). The average molecular weight is 223 g/mol. The van der Waals surface area contributed by atoms with Crippen LogP contribution in [-0.2, 0) is 11.2 Å². The smallest absolute Gasteiger partial charge is 0.320 e. The van der Waals surface area contributed by atoms with Crippen LogP contribution in [0.1, 0.15) is 15.9 Å². The molecule has 0 saturated carbocycles. The van der Waals surface area contributed by atoms with Gasteiger partial charge in [0.1, 0.15) is 12.6 Å². The number of ketones is 1. The highest BCUT2D eigenvalue weighted by Crippen LogP contribution is 2.08. The van der Waals surface area contributed by atoms with Crippen molar-refractivity contribution in [1.29, 1.82) is 0 Å². The lowest BCUT2D eigenvalue weighted by atomic mass is 10.0. The fourth-order valence-electron chi connectivity index (χ4n) is 1.30. The van der Waals surface area contributed by atoms with Crippen molar-refractivity contribution in [2.45, 2.75) is 12.5 Å². The van der Waals surface area contributed by atoms with Crippen LogP contribution in [0.2, 0.25) is 0 Å². The number of Topliss-reactive ketones (excluding diaryl/α,β-unsaturated/α-hetero) is 1. The number of hydrogen-bond donors (Lipinski definition) is 3. The van der Waals surface area contributed by atoms with Crippen LogP contribution in [0.3, 0.4) is 0 Å². The van der Waals surface area contributed by atoms with Crippen molar-refractivity contribution >= 4 is 11.8 Å². The highest BCUT2D eigenvalue weighted by molar-refractivity contribution is 5.97. The Balaban J connectivity index is 2.82. The summed E-state index contributed by atoms with van der Waals surface area (Å²) in [6.07, 6.45) is 0.155. The fraction of sp³-hybridized carbons (Fsp3) is 0.273. The van der Waals surface area contributed by atoms with Crippen molar-refractivity contribution in [2.75, 3.05) is 6.61 Å². The van der Waals surface area contributed by atoms with E-state index in [9.17, 15) is 9.59 Å². The molecule has 5 heteroatoms. The normalized spacial score (nSPS) is 12.1. The molecule has 16 heavy (non-hydrogen) atoms. The summed E-state index contributed by atoms with van der Waals surface area (Å²) < 4.78 is 0. The number of carbonyl (C=O) groups excluding carboxylic acids is 1. The van der Waals surface area contributed by atoms with Crippen molar-refractivity contribution < 1.29 is 19.8 Å². The summed E-state index contributed by atoms with van der Waals surface area (Å²) in [6.45, 7) is -0.561. The number of benzene rings is 1. The van der Waals surface area contributed by atoms with Crippen LogP contribution in [-0.4, -0.2) is 34.6 Å². The van der Waals surface area contributed by atoms with Gasteiger partial charge in [-0.1, -0.05) is 18.2 Å². The van der Waals surface area contributed by atoms with Gasteiger partial charge in [-0.3, -0.25) is 9.59 Å². The maximum absolute atomic E-state index is 11.2. The highest BCUT2D eigenvalue weighted by atomic mass is 16.4. The first-order chi connectivity index (χ1) is 7.54. The summed E-state index contributed by atoms with van der Waals surface area (Å²) in [5, 5.41) is 17.3. The maximum atomic E-state index is 11.2. The van der Waals surface area contributed by atoms with Crippen LogP contribution in [0.4, 0.5) is 0 Å². The first-order valence-electron chi connectivity index (χ1n) is 4.76. The van der Waals surface area contributed by atoms with Crippen LogP contribution < -0.4 is 5.73 Å². The Morgan fingerprint density at radius 3 is 2.62 bits per heavy atom. The topological polar surface area (TPSA) is 101 Å². The predicted molar refractivity (Wildman–Crippen MR) is 57.2 cm³/mol. The molecule has 1 aromatic rings. The third-order valence-corrected chi connectivity index (χ3v) is 2.17. The monoisotopic (exact) mass is 223 g/mol. The molecule has 5 nitrogen and oxygen atoms in total. The molecule has 1 atom stereocenters. The van der Waals surface area contributed by atoms with Gasteiger partial charge in [0.25, 0.3) is 0 Å². The Bertz CT molecular complexity index is 403. The second-order valence-corrected chi connectivity index (χ2v) is 3.43. The standard InChI is InChI=1S/C11H13NO4/c12-9(11(15)16)5-7-2-1-3-8(4-7)10(14)6-13/h1-4,9,13H,5-6,12H2,(H,15,16). The zero-order valence-electron chi connectivity index (χ0n) is 8.59. The summed E-state index contributed by atoms with van der Waals surface area (Å²) in [5.74, 6) is -1.48. The lowest BCUT2D eigenvalue weighted by Crippen LogP contribution is -2.32. The maximum Gasteiger partial charge on any atom is 0.320 e. The van der Waals surface area contributed by atoms with Crippen molar-refractivity contribution in [3.05, 3.63) is 35.4 Å². The van der Waals surface area contributed by atoms with E-state index in [0.717, 1.165) is 0 Å².